The minimum Gasteiger partial charge on any atom is -0.290 e. The zero-order valence-electron chi connectivity index (χ0n) is 9.86. The third-order valence-electron chi connectivity index (χ3n) is 2.29. The van der Waals surface area contributed by atoms with Crippen molar-refractivity contribution in [3.05, 3.63) is 41.5 Å². The molecule has 0 amide bonds. The van der Waals surface area contributed by atoms with E-state index in [1.807, 2.05) is 30.3 Å². The molecule has 2 heteroatoms. The van der Waals surface area contributed by atoms with E-state index in [-0.39, 0.29) is 17.5 Å². The Morgan fingerprint density at radius 3 is 2.19 bits per heavy atom. The Kier molecular flexibility index (Phi) is 4.18. The summed E-state index contributed by atoms with van der Waals surface area (Å²) in [6.45, 7) is 5.14. The molecule has 0 aromatic heterocycles. The highest BCUT2D eigenvalue weighted by Crippen LogP contribution is 2.09. The highest BCUT2D eigenvalue weighted by Gasteiger charge is 2.18. The van der Waals surface area contributed by atoms with E-state index in [9.17, 15) is 9.59 Å². The lowest BCUT2D eigenvalue weighted by Gasteiger charge is -2.03. The van der Waals surface area contributed by atoms with Gasteiger partial charge in [0.2, 0.25) is 11.6 Å². The van der Waals surface area contributed by atoms with Gasteiger partial charge in [-0.2, -0.15) is 0 Å². The minimum atomic E-state index is -0.390. The molecule has 0 atom stereocenters. The predicted molar refractivity (Wildman–Crippen MR) is 64.9 cm³/mol. The van der Waals surface area contributed by atoms with Crippen molar-refractivity contribution in [2.45, 2.75) is 20.8 Å². The van der Waals surface area contributed by atoms with Gasteiger partial charge >= 0.3 is 0 Å². The van der Waals surface area contributed by atoms with E-state index < -0.39 is 0 Å². The molecule has 0 heterocycles. The summed E-state index contributed by atoms with van der Waals surface area (Å²) >= 11 is 0. The first-order chi connectivity index (χ1) is 7.52. The number of rotatable bonds is 4. The molecule has 1 rings (SSSR count). The molecule has 0 radical (unpaired) electrons. The molecule has 0 saturated heterocycles. The van der Waals surface area contributed by atoms with E-state index >= 15 is 0 Å². The van der Waals surface area contributed by atoms with Crippen LogP contribution in [-0.4, -0.2) is 11.6 Å². The zero-order chi connectivity index (χ0) is 12.1. The van der Waals surface area contributed by atoms with Crippen molar-refractivity contribution in [2.75, 3.05) is 0 Å². The summed E-state index contributed by atoms with van der Waals surface area (Å²) in [7, 11) is 0. The maximum absolute atomic E-state index is 11.7. The lowest BCUT2D eigenvalue weighted by Crippen LogP contribution is -2.20. The lowest BCUT2D eigenvalue weighted by molar-refractivity contribution is -0.136. The fraction of sp³-hybridized carbons (Fsp3) is 0.286. The van der Waals surface area contributed by atoms with Crippen LogP contribution >= 0.6 is 0 Å². The first kappa shape index (κ1) is 12.4. The van der Waals surface area contributed by atoms with Gasteiger partial charge in [-0.05, 0) is 18.6 Å². The summed E-state index contributed by atoms with van der Waals surface area (Å²) in [5.41, 5.74) is 1.43. The largest absolute Gasteiger partial charge is 0.290 e. The first-order valence-electron chi connectivity index (χ1n) is 5.34. The summed E-state index contributed by atoms with van der Waals surface area (Å²) in [5.74, 6) is -0.963. The average molecular weight is 216 g/mol. The molecule has 0 bridgehead atoms. The third kappa shape index (κ3) is 3.16. The fourth-order valence-corrected chi connectivity index (χ4v) is 1.32. The van der Waals surface area contributed by atoms with E-state index in [1.165, 1.54) is 0 Å². The summed E-state index contributed by atoms with van der Waals surface area (Å²) in [6.07, 6.45) is 1.74. The number of benzene rings is 1. The summed E-state index contributed by atoms with van der Waals surface area (Å²) < 4.78 is 0. The lowest BCUT2D eigenvalue weighted by atomic mass is 9.99. The Labute approximate surface area is 96.0 Å². The van der Waals surface area contributed by atoms with Crippen molar-refractivity contribution in [2.24, 2.45) is 5.92 Å². The van der Waals surface area contributed by atoms with E-state index in [0.29, 0.717) is 5.57 Å². The maximum atomic E-state index is 11.7. The Morgan fingerprint density at radius 1 is 1.12 bits per heavy atom. The SMILES string of the molecule is C/C(=C\c1ccccc1)C(=O)C(=O)C(C)C. The van der Waals surface area contributed by atoms with Crippen molar-refractivity contribution < 1.29 is 9.59 Å². The van der Waals surface area contributed by atoms with Crippen LogP contribution in [0.5, 0.6) is 0 Å². The van der Waals surface area contributed by atoms with Gasteiger partial charge in [0, 0.05) is 11.5 Å². The molecule has 0 fully saturated rings. The monoisotopic (exact) mass is 216 g/mol. The summed E-state index contributed by atoms with van der Waals surface area (Å²) in [5, 5.41) is 0. The minimum absolute atomic E-state index is 0.244. The molecular formula is C14H16O2. The molecule has 0 N–H and O–H groups in total. The second-order valence-corrected chi connectivity index (χ2v) is 4.09. The number of carbonyl (C=O) groups excluding carboxylic acids is 2. The van der Waals surface area contributed by atoms with Gasteiger partial charge < -0.3 is 0 Å². The van der Waals surface area contributed by atoms with Gasteiger partial charge in [-0.3, -0.25) is 9.59 Å². The number of ketones is 2. The zero-order valence-corrected chi connectivity index (χ0v) is 9.86. The first-order valence-corrected chi connectivity index (χ1v) is 5.34. The molecule has 0 aliphatic heterocycles. The molecule has 16 heavy (non-hydrogen) atoms. The summed E-state index contributed by atoms with van der Waals surface area (Å²) in [4.78, 5) is 23.2. The molecule has 0 saturated carbocycles. The van der Waals surface area contributed by atoms with Crippen LogP contribution < -0.4 is 0 Å². The van der Waals surface area contributed by atoms with Crippen LogP contribution in [0, 0.1) is 5.92 Å². The maximum Gasteiger partial charge on any atom is 0.224 e. The number of allylic oxidation sites excluding steroid dienone is 1. The van der Waals surface area contributed by atoms with Gasteiger partial charge in [-0.15, -0.1) is 0 Å². The number of Topliss-reactive ketones (excluding diaryl/α,β-unsaturated/α-hetero) is 2. The molecular weight excluding hydrogens is 200 g/mol. The molecule has 1 aromatic rings. The van der Waals surface area contributed by atoms with Crippen LogP contribution in [0.15, 0.2) is 35.9 Å². The highest BCUT2D eigenvalue weighted by molar-refractivity contribution is 6.44. The summed E-state index contributed by atoms with van der Waals surface area (Å²) in [6, 6.07) is 9.50. The molecule has 1 aromatic carbocycles. The van der Waals surface area contributed by atoms with Gasteiger partial charge in [-0.25, -0.2) is 0 Å². The van der Waals surface area contributed by atoms with Crippen LogP contribution in [0.4, 0.5) is 0 Å². The Morgan fingerprint density at radius 2 is 1.69 bits per heavy atom. The van der Waals surface area contributed by atoms with Gasteiger partial charge in [0.05, 0.1) is 0 Å². The highest BCUT2D eigenvalue weighted by atomic mass is 16.2. The number of hydrogen-bond acceptors (Lipinski definition) is 2. The van der Waals surface area contributed by atoms with Crippen LogP contribution in [0.25, 0.3) is 6.08 Å². The van der Waals surface area contributed by atoms with E-state index in [0.717, 1.165) is 5.56 Å². The molecule has 2 nitrogen and oxygen atoms in total. The smallest absolute Gasteiger partial charge is 0.224 e. The van der Waals surface area contributed by atoms with E-state index in [4.69, 9.17) is 0 Å². The van der Waals surface area contributed by atoms with E-state index in [2.05, 4.69) is 0 Å². The number of carbonyl (C=O) groups is 2. The van der Waals surface area contributed by atoms with Crippen LogP contribution in [0.1, 0.15) is 26.3 Å². The third-order valence-corrected chi connectivity index (χ3v) is 2.29. The molecule has 0 spiro atoms. The van der Waals surface area contributed by atoms with Gasteiger partial charge in [0.15, 0.2) is 0 Å². The van der Waals surface area contributed by atoms with Crippen molar-refractivity contribution >= 4 is 17.6 Å². The second-order valence-electron chi connectivity index (χ2n) is 4.09. The fourth-order valence-electron chi connectivity index (χ4n) is 1.32. The molecule has 0 unspecified atom stereocenters. The van der Waals surface area contributed by atoms with Gasteiger partial charge in [-0.1, -0.05) is 44.2 Å². The van der Waals surface area contributed by atoms with Crippen molar-refractivity contribution in [1.29, 1.82) is 0 Å². The van der Waals surface area contributed by atoms with Crippen molar-refractivity contribution in [3.8, 4) is 0 Å². The normalized spacial score (nSPS) is 11.6. The second kappa shape index (κ2) is 5.40. The Hall–Kier alpha value is -1.70. The van der Waals surface area contributed by atoms with Crippen molar-refractivity contribution in [1.82, 2.24) is 0 Å². The van der Waals surface area contributed by atoms with Gasteiger partial charge in [0.1, 0.15) is 0 Å². The Bertz CT molecular complexity index is 414. The van der Waals surface area contributed by atoms with Crippen molar-refractivity contribution in [3.63, 3.8) is 0 Å². The number of hydrogen-bond donors (Lipinski definition) is 0. The molecule has 0 aliphatic rings. The molecule has 0 aliphatic carbocycles. The Balaban J connectivity index is 2.87. The standard InChI is InChI=1S/C14H16O2/c1-10(2)13(15)14(16)11(3)9-12-7-5-4-6-8-12/h4-10H,1-3H3/b11-9+. The average Bonchev–Trinajstić information content (AvgIpc) is 2.28. The van der Waals surface area contributed by atoms with Crippen LogP contribution in [0.3, 0.4) is 0 Å². The van der Waals surface area contributed by atoms with Crippen LogP contribution in [-0.2, 0) is 9.59 Å². The van der Waals surface area contributed by atoms with Gasteiger partial charge in [0.25, 0.3) is 0 Å². The van der Waals surface area contributed by atoms with Crippen LogP contribution in [0.2, 0.25) is 0 Å². The molecule has 84 valence electrons. The topological polar surface area (TPSA) is 34.1 Å². The quantitative estimate of drug-likeness (QED) is 0.573. The predicted octanol–water partition coefficient (Wildman–Crippen LogP) is 2.88. The van der Waals surface area contributed by atoms with E-state index in [1.54, 1.807) is 26.8 Å².